The molecule has 0 unspecified atom stereocenters. The monoisotopic (exact) mass is 258 g/mol. The van der Waals surface area contributed by atoms with Crippen LogP contribution >= 0.6 is 11.3 Å². The van der Waals surface area contributed by atoms with Crippen LogP contribution < -0.4 is 5.32 Å². The van der Waals surface area contributed by atoms with Crippen LogP contribution in [0.1, 0.15) is 20.8 Å². The van der Waals surface area contributed by atoms with Crippen LogP contribution in [-0.2, 0) is 6.54 Å². The van der Waals surface area contributed by atoms with E-state index in [1.807, 2.05) is 12.1 Å². The van der Waals surface area contributed by atoms with Gasteiger partial charge in [-0.15, -0.1) is 11.3 Å². The van der Waals surface area contributed by atoms with Crippen LogP contribution in [0.25, 0.3) is 0 Å². The van der Waals surface area contributed by atoms with Crippen molar-refractivity contribution in [1.29, 1.82) is 5.26 Å². The number of carboxylic acids is 1. The summed E-state index contributed by atoms with van der Waals surface area (Å²) < 4.78 is 0. The number of carboxylic acid groups (broad SMARTS) is 1. The van der Waals surface area contributed by atoms with Crippen molar-refractivity contribution in [3.05, 3.63) is 51.7 Å². The van der Waals surface area contributed by atoms with E-state index in [9.17, 15) is 4.79 Å². The largest absolute Gasteiger partial charge is 0.478 e. The molecule has 0 bridgehead atoms. The van der Waals surface area contributed by atoms with E-state index in [1.165, 1.54) is 11.3 Å². The number of para-hydroxylation sites is 1. The highest BCUT2D eigenvalue weighted by atomic mass is 32.1. The predicted octanol–water partition coefficient (Wildman–Crippen LogP) is 2.93. The van der Waals surface area contributed by atoms with Crippen molar-refractivity contribution in [2.75, 3.05) is 5.32 Å². The summed E-state index contributed by atoms with van der Waals surface area (Å²) in [6.45, 7) is 0.511. The number of hydrogen-bond acceptors (Lipinski definition) is 4. The zero-order valence-electron chi connectivity index (χ0n) is 9.38. The molecule has 5 heteroatoms. The SMILES string of the molecule is N#Cc1ccccc1NCc1cc(C(=O)O)cs1. The number of nitriles is 1. The van der Waals surface area contributed by atoms with Gasteiger partial charge in [0.15, 0.2) is 0 Å². The number of benzene rings is 1. The van der Waals surface area contributed by atoms with E-state index in [0.717, 1.165) is 10.6 Å². The third-order valence-corrected chi connectivity index (χ3v) is 3.34. The van der Waals surface area contributed by atoms with Crippen molar-refractivity contribution in [3.8, 4) is 6.07 Å². The van der Waals surface area contributed by atoms with Crippen LogP contribution in [0, 0.1) is 11.3 Å². The summed E-state index contributed by atoms with van der Waals surface area (Å²) in [6, 6.07) is 10.9. The first-order valence-corrected chi connectivity index (χ1v) is 6.12. The topological polar surface area (TPSA) is 73.1 Å². The number of aromatic carboxylic acids is 1. The first-order chi connectivity index (χ1) is 8.70. The van der Waals surface area contributed by atoms with Crippen LogP contribution in [0.3, 0.4) is 0 Å². The second-order valence-corrected chi connectivity index (χ2v) is 4.61. The van der Waals surface area contributed by atoms with Gasteiger partial charge in [0.25, 0.3) is 0 Å². The molecule has 2 N–H and O–H groups in total. The van der Waals surface area contributed by atoms with Gasteiger partial charge in [-0.25, -0.2) is 4.79 Å². The molecule has 0 spiro atoms. The lowest BCUT2D eigenvalue weighted by Gasteiger charge is -2.05. The first-order valence-electron chi connectivity index (χ1n) is 5.24. The molecule has 90 valence electrons. The lowest BCUT2D eigenvalue weighted by atomic mass is 10.2. The number of thiophene rings is 1. The maximum absolute atomic E-state index is 10.7. The Bertz CT molecular complexity index is 613. The summed E-state index contributed by atoms with van der Waals surface area (Å²) in [7, 11) is 0. The Hall–Kier alpha value is -2.32. The van der Waals surface area contributed by atoms with Gasteiger partial charge in [-0.3, -0.25) is 0 Å². The summed E-state index contributed by atoms with van der Waals surface area (Å²) in [5, 5.41) is 22.5. The Balaban J connectivity index is 2.07. The lowest BCUT2D eigenvalue weighted by molar-refractivity contribution is 0.0697. The van der Waals surface area contributed by atoms with Crippen LogP contribution in [0.4, 0.5) is 5.69 Å². The van der Waals surface area contributed by atoms with Crippen molar-refractivity contribution >= 4 is 23.0 Å². The maximum Gasteiger partial charge on any atom is 0.336 e. The molecule has 1 aromatic heterocycles. The molecule has 0 fully saturated rings. The normalized spacial score (nSPS) is 9.72. The Morgan fingerprint density at radius 1 is 1.44 bits per heavy atom. The highest BCUT2D eigenvalue weighted by Crippen LogP contribution is 2.18. The number of nitrogens with one attached hydrogen (secondary N) is 1. The first kappa shape index (κ1) is 12.1. The van der Waals surface area contributed by atoms with Crippen molar-refractivity contribution in [3.63, 3.8) is 0 Å². The molecule has 0 saturated heterocycles. The van der Waals surface area contributed by atoms with E-state index in [4.69, 9.17) is 10.4 Å². The Kier molecular flexibility index (Phi) is 3.60. The third kappa shape index (κ3) is 2.67. The summed E-state index contributed by atoms with van der Waals surface area (Å²) in [4.78, 5) is 11.6. The summed E-state index contributed by atoms with van der Waals surface area (Å²) in [5.74, 6) is -0.921. The van der Waals surface area contributed by atoms with Gasteiger partial charge in [-0.05, 0) is 18.2 Å². The van der Waals surface area contributed by atoms with Crippen molar-refractivity contribution in [2.45, 2.75) is 6.54 Å². The molecule has 0 radical (unpaired) electrons. The summed E-state index contributed by atoms with van der Waals surface area (Å²) in [6.07, 6.45) is 0. The molecule has 1 heterocycles. The van der Waals surface area contributed by atoms with Gasteiger partial charge < -0.3 is 10.4 Å². The van der Waals surface area contributed by atoms with Crippen molar-refractivity contribution in [1.82, 2.24) is 0 Å². The lowest BCUT2D eigenvalue weighted by Crippen LogP contribution is -1.99. The van der Waals surface area contributed by atoms with Crippen molar-refractivity contribution in [2.24, 2.45) is 0 Å². The maximum atomic E-state index is 10.7. The zero-order valence-corrected chi connectivity index (χ0v) is 10.2. The summed E-state index contributed by atoms with van der Waals surface area (Å²) >= 11 is 1.38. The molecule has 1 aromatic carbocycles. The van der Waals surface area contributed by atoms with E-state index >= 15 is 0 Å². The van der Waals surface area contributed by atoms with E-state index in [-0.39, 0.29) is 0 Å². The van der Waals surface area contributed by atoms with Gasteiger partial charge >= 0.3 is 5.97 Å². The highest BCUT2D eigenvalue weighted by molar-refractivity contribution is 7.10. The van der Waals surface area contributed by atoms with Crippen molar-refractivity contribution < 1.29 is 9.90 Å². The molecular weight excluding hydrogens is 248 g/mol. The number of rotatable bonds is 4. The van der Waals surface area contributed by atoms with E-state index in [0.29, 0.717) is 17.7 Å². The molecule has 2 aromatic rings. The number of hydrogen-bond donors (Lipinski definition) is 2. The smallest absolute Gasteiger partial charge is 0.336 e. The van der Waals surface area contributed by atoms with Gasteiger partial charge in [0.1, 0.15) is 6.07 Å². The standard InChI is InChI=1S/C13H10N2O2S/c14-6-9-3-1-2-4-12(9)15-7-11-5-10(8-18-11)13(16)17/h1-5,8,15H,7H2,(H,16,17). The minimum absolute atomic E-state index is 0.297. The third-order valence-electron chi connectivity index (χ3n) is 2.40. The van der Waals surface area contributed by atoms with Crippen LogP contribution in [-0.4, -0.2) is 11.1 Å². The Morgan fingerprint density at radius 2 is 2.22 bits per heavy atom. The Labute approximate surface area is 108 Å². The van der Waals surface area contributed by atoms with Crippen LogP contribution in [0.5, 0.6) is 0 Å². The van der Waals surface area contributed by atoms with Crippen LogP contribution in [0.15, 0.2) is 35.7 Å². The molecule has 2 rings (SSSR count). The van der Waals surface area contributed by atoms with Gasteiger partial charge in [0.05, 0.1) is 16.8 Å². The second-order valence-electron chi connectivity index (χ2n) is 3.62. The number of nitrogens with zero attached hydrogens (tertiary/aromatic N) is 1. The molecule has 0 saturated carbocycles. The molecule has 0 aliphatic carbocycles. The number of carbonyl (C=O) groups is 1. The van der Waals surface area contributed by atoms with Gasteiger partial charge in [-0.1, -0.05) is 12.1 Å². The number of anilines is 1. The van der Waals surface area contributed by atoms with Gasteiger partial charge in [0.2, 0.25) is 0 Å². The molecule has 18 heavy (non-hydrogen) atoms. The minimum Gasteiger partial charge on any atom is -0.478 e. The molecule has 0 amide bonds. The fraction of sp³-hybridized carbons (Fsp3) is 0.0769. The predicted molar refractivity (Wildman–Crippen MR) is 69.8 cm³/mol. The summed E-state index contributed by atoms with van der Waals surface area (Å²) in [5.41, 5.74) is 1.63. The van der Waals surface area contributed by atoms with E-state index in [2.05, 4.69) is 11.4 Å². The average molecular weight is 258 g/mol. The van der Waals surface area contributed by atoms with E-state index in [1.54, 1.807) is 23.6 Å². The fourth-order valence-corrected chi connectivity index (χ4v) is 2.30. The molecule has 0 aliphatic rings. The van der Waals surface area contributed by atoms with E-state index < -0.39 is 5.97 Å². The molecule has 0 aliphatic heterocycles. The van der Waals surface area contributed by atoms with Gasteiger partial charge in [-0.2, -0.15) is 5.26 Å². The second kappa shape index (κ2) is 5.34. The highest BCUT2D eigenvalue weighted by Gasteiger charge is 2.07. The van der Waals surface area contributed by atoms with Crippen LogP contribution in [0.2, 0.25) is 0 Å². The zero-order chi connectivity index (χ0) is 13.0. The molecule has 4 nitrogen and oxygen atoms in total. The molecular formula is C13H10N2O2S. The quantitative estimate of drug-likeness (QED) is 0.884. The molecule has 0 atom stereocenters. The minimum atomic E-state index is -0.921. The average Bonchev–Trinajstić information content (AvgIpc) is 2.85. The fourth-order valence-electron chi connectivity index (χ4n) is 1.50. The Morgan fingerprint density at radius 3 is 2.89 bits per heavy atom. The van der Waals surface area contributed by atoms with Gasteiger partial charge in [0, 0.05) is 16.8 Å².